The summed E-state index contributed by atoms with van der Waals surface area (Å²) in [7, 11) is 0. The average molecular weight is 198 g/mol. The van der Waals surface area contributed by atoms with E-state index in [1.165, 1.54) is 0 Å². The second-order valence-electron chi connectivity index (χ2n) is 3.40. The van der Waals surface area contributed by atoms with Gasteiger partial charge in [0.05, 0.1) is 0 Å². The summed E-state index contributed by atoms with van der Waals surface area (Å²) < 4.78 is 4.42. The molecule has 0 radical (unpaired) electrons. The van der Waals surface area contributed by atoms with E-state index in [1.54, 1.807) is 0 Å². The van der Waals surface area contributed by atoms with Crippen molar-refractivity contribution in [2.75, 3.05) is 0 Å². The van der Waals surface area contributed by atoms with E-state index in [1.807, 2.05) is 0 Å². The number of ether oxygens (including phenoxy) is 1. The molecule has 0 aliphatic rings. The maximum atomic E-state index is 11.0. The Hall–Kier alpha value is -1.12. The Kier molecular flexibility index (Phi) is 6.72. The van der Waals surface area contributed by atoms with Gasteiger partial charge in [-0.2, -0.15) is 0 Å². The fourth-order valence-corrected chi connectivity index (χ4v) is 1.00. The van der Waals surface area contributed by atoms with Crippen molar-refractivity contribution >= 4 is 11.9 Å². The van der Waals surface area contributed by atoms with E-state index in [0.29, 0.717) is 12.3 Å². The molecule has 0 rings (SSSR count). The van der Waals surface area contributed by atoms with Crippen LogP contribution in [-0.4, -0.2) is 11.9 Å². The normalized spacial score (nSPS) is 11.9. The lowest BCUT2D eigenvalue weighted by Gasteiger charge is -2.06. The summed E-state index contributed by atoms with van der Waals surface area (Å²) in [6.45, 7) is 7.46. The smallest absolute Gasteiger partial charge is 0.337 e. The molecule has 0 aromatic rings. The van der Waals surface area contributed by atoms with Crippen molar-refractivity contribution < 1.29 is 14.3 Å². The van der Waals surface area contributed by atoms with Crippen molar-refractivity contribution in [3.05, 3.63) is 12.7 Å². The van der Waals surface area contributed by atoms with Crippen molar-refractivity contribution in [3.63, 3.8) is 0 Å². The van der Waals surface area contributed by atoms with Crippen LogP contribution >= 0.6 is 0 Å². The minimum absolute atomic E-state index is 0.309. The molecular weight excluding hydrogens is 180 g/mol. The van der Waals surface area contributed by atoms with E-state index in [0.717, 1.165) is 25.3 Å². The minimum atomic E-state index is -0.668. The Morgan fingerprint density at radius 2 is 2.14 bits per heavy atom. The van der Waals surface area contributed by atoms with Crippen LogP contribution in [-0.2, 0) is 14.3 Å². The largest absolute Gasteiger partial charge is 0.390 e. The van der Waals surface area contributed by atoms with Crippen molar-refractivity contribution in [3.8, 4) is 0 Å². The Morgan fingerprint density at radius 3 is 2.64 bits per heavy atom. The van der Waals surface area contributed by atoms with E-state index in [9.17, 15) is 9.59 Å². The molecule has 0 saturated carbocycles. The van der Waals surface area contributed by atoms with Gasteiger partial charge in [-0.1, -0.05) is 33.3 Å². The monoisotopic (exact) mass is 198 g/mol. The predicted octanol–water partition coefficient (Wildman–Crippen LogP) is 2.46. The molecule has 3 nitrogen and oxygen atoms in total. The molecule has 0 aromatic heterocycles. The lowest BCUT2D eigenvalue weighted by atomic mass is 10.0. The summed E-state index contributed by atoms with van der Waals surface area (Å²) in [5.74, 6) is -0.505. The number of carbonyl (C=O) groups is 2. The molecule has 0 aliphatic carbocycles. The van der Waals surface area contributed by atoms with Crippen LogP contribution < -0.4 is 0 Å². The van der Waals surface area contributed by atoms with Gasteiger partial charge in [0, 0.05) is 12.5 Å². The minimum Gasteiger partial charge on any atom is -0.390 e. The molecule has 14 heavy (non-hydrogen) atoms. The average Bonchev–Trinajstić information content (AvgIpc) is 2.17. The topological polar surface area (TPSA) is 43.4 Å². The van der Waals surface area contributed by atoms with Crippen LogP contribution in [0.3, 0.4) is 0 Å². The molecule has 0 fully saturated rings. The third kappa shape index (κ3) is 6.40. The molecule has 0 aliphatic heterocycles. The molecule has 0 bridgehead atoms. The number of hydrogen-bond donors (Lipinski definition) is 0. The number of hydrogen-bond acceptors (Lipinski definition) is 3. The van der Waals surface area contributed by atoms with Crippen LogP contribution in [0.25, 0.3) is 0 Å². The highest BCUT2D eigenvalue weighted by atomic mass is 16.6. The van der Waals surface area contributed by atoms with E-state index >= 15 is 0 Å². The first-order valence-electron chi connectivity index (χ1n) is 4.97. The maximum Gasteiger partial charge on any atom is 0.337 e. The summed E-state index contributed by atoms with van der Waals surface area (Å²) in [6, 6.07) is 0. The SMILES string of the molecule is C=CC(=O)OC(=O)CCCC(C)CC. The molecule has 0 amide bonds. The van der Waals surface area contributed by atoms with Gasteiger partial charge in [-0.3, -0.25) is 4.79 Å². The van der Waals surface area contributed by atoms with Gasteiger partial charge in [0.25, 0.3) is 0 Å². The second kappa shape index (κ2) is 7.30. The van der Waals surface area contributed by atoms with Crippen molar-refractivity contribution in [2.24, 2.45) is 5.92 Å². The second-order valence-corrected chi connectivity index (χ2v) is 3.40. The quantitative estimate of drug-likeness (QED) is 0.374. The van der Waals surface area contributed by atoms with Crippen molar-refractivity contribution in [2.45, 2.75) is 39.5 Å². The molecule has 0 saturated heterocycles. The summed E-state index contributed by atoms with van der Waals surface area (Å²) in [4.78, 5) is 21.6. The Labute approximate surface area is 85.1 Å². The Morgan fingerprint density at radius 1 is 1.50 bits per heavy atom. The molecule has 0 N–H and O–H groups in total. The van der Waals surface area contributed by atoms with Gasteiger partial charge in [0.1, 0.15) is 0 Å². The Balaban J connectivity index is 3.54. The molecule has 1 atom stereocenters. The first-order chi connectivity index (χ1) is 6.60. The van der Waals surface area contributed by atoms with Gasteiger partial charge in [0.15, 0.2) is 0 Å². The van der Waals surface area contributed by atoms with Gasteiger partial charge < -0.3 is 4.74 Å². The van der Waals surface area contributed by atoms with Crippen molar-refractivity contribution in [1.29, 1.82) is 0 Å². The fraction of sp³-hybridized carbons (Fsp3) is 0.636. The summed E-state index contributed by atoms with van der Waals surface area (Å²) in [5.41, 5.74) is 0. The maximum absolute atomic E-state index is 11.0. The first kappa shape index (κ1) is 12.9. The zero-order valence-corrected chi connectivity index (χ0v) is 8.91. The standard InChI is InChI=1S/C11H18O3/c1-4-9(3)7-6-8-11(13)14-10(12)5-2/h5,9H,2,4,6-8H2,1,3H3. The summed E-state index contributed by atoms with van der Waals surface area (Å²) >= 11 is 0. The molecule has 3 heteroatoms. The molecule has 1 unspecified atom stereocenters. The first-order valence-corrected chi connectivity index (χ1v) is 4.97. The van der Waals surface area contributed by atoms with E-state index < -0.39 is 11.9 Å². The zero-order valence-electron chi connectivity index (χ0n) is 8.91. The molecular formula is C11H18O3. The molecule has 0 aromatic carbocycles. The van der Waals surface area contributed by atoms with Gasteiger partial charge in [0.2, 0.25) is 0 Å². The fourth-order valence-electron chi connectivity index (χ4n) is 1.00. The number of rotatable bonds is 6. The van der Waals surface area contributed by atoms with Gasteiger partial charge in [-0.25, -0.2) is 4.79 Å². The lowest BCUT2D eigenvalue weighted by Crippen LogP contribution is -2.09. The van der Waals surface area contributed by atoms with Crippen LogP contribution in [0.15, 0.2) is 12.7 Å². The predicted molar refractivity (Wildman–Crippen MR) is 54.6 cm³/mol. The van der Waals surface area contributed by atoms with Gasteiger partial charge in [-0.15, -0.1) is 0 Å². The number of carbonyl (C=O) groups excluding carboxylic acids is 2. The summed E-state index contributed by atoms with van der Waals surface area (Å²) in [5, 5.41) is 0. The third-order valence-corrected chi connectivity index (χ3v) is 2.16. The highest BCUT2D eigenvalue weighted by Crippen LogP contribution is 2.11. The van der Waals surface area contributed by atoms with Crippen LogP contribution in [0.1, 0.15) is 39.5 Å². The molecule has 80 valence electrons. The zero-order chi connectivity index (χ0) is 11.0. The third-order valence-electron chi connectivity index (χ3n) is 2.16. The van der Waals surface area contributed by atoms with E-state index in [4.69, 9.17) is 0 Å². The number of esters is 2. The molecule has 0 spiro atoms. The summed E-state index contributed by atoms with van der Waals surface area (Å²) in [6.07, 6.45) is 4.18. The van der Waals surface area contributed by atoms with Crippen LogP contribution in [0.5, 0.6) is 0 Å². The van der Waals surface area contributed by atoms with E-state index in [-0.39, 0.29) is 0 Å². The van der Waals surface area contributed by atoms with E-state index in [2.05, 4.69) is 25.2 Å². The highest BCUT2D eigenvalue weighted by molar-refractivity contribution is 5.91. The van der Waals surface area contributed by atoms with Crippen molar-refractivity contribution in [1.82, 2.24) is 0 Å². The van der Waals surface area contributed by atoms with Crippen LogP contribution in [0.2, 0.25) is 0 Å². The Bertz CT molecular complexity index is 209. The van der Waals surface area contributed by atoms with Gasteiger partial charge >= 0.3 is 11.9 Å². The molecule has 0 heterocycles. The lowest BCUT2D eigenvalue weighted by molar-refractivity contribution is -0.156. The highest BCUT2D eigenvalue weighted by Gasteiger charge is 2.07. The van der Waals surface area contributed by atoms with Crippen LogP contribution in [0.4, 0.5) is 0 Å². The van der Waals surface area contributed by atoms with Gasteiger partial charge in [-0.05, 0) is 12.3 Å². The van der Waals surface area contributed by atoms with Crippen LogP contribution in [0, 0.1) is 5.92 Å².